The third-order valence-corrected chi connectivity index (χ3v) is 2.27. The number of urea groups is 1. The number of carbonyl (C=O) groups excluding carboxylic acids is 1. The Kier molecular flexibility index (Phi) is 3.09. The number of anilines is 1. The molecular weight excluding hydrogens is 216 g/mol. The second-order valence-corrected chi connectivity index (χ2v) is 3.83. The lowest BCUT2D eigenvalue weighted by Gasteiger charge is -2.12. The lowest BCUT2D eigenvalue weighted by molar-refractivity contribution is 0.230. The van der Waals surface area contributed by atoms with Crippen molar-refractivity contribution in [2.24, 2.45) is 0 Å². The molecule has 5 heteroatoms. The highest BCUT2D eigenvalue weighted by Crippen LogP contribution is 2.14. The fourth-order valence-corrected chi connectivity index (χ4v) is 1.38. The molecular formula is C12H14N4O. The van der Waals surface area contributed by atoms with Crippen molar-refractivity contribution in [1.82, 2.24) is 14.7 Å². The van der Waals surface area contributed by atoms with Crippen molar-refractivity contribution in [3.8, 4) is 5.69 Å². The summed E-state index contributed by atoms with van der Waals surface area (Å²) in [7, 11) is 3.40. The summed E-state index contributed by atoms with van der Waals surface area (Å²) in [5.74, 6) is 0. The Morgan fingerprint density at radius 3 is 2.82 bits per heavy atom. The van der Waals surface area contributed by atoms with Gasteiger partial charge in [0.15, 0.2) is 0 Å². The first kappa shape index (κ1) is 11.2. The molecule has 0 saturated heterocycles. The summed E-state index contributed by atoms with van der Waals surface area (Å²) < 4.78 is 1.74. The van der Waals surface area contributed by atoms with E-state index in [0.29, 0.717) is 0 Å². The van der Waals surface area contributed by atoms with Crippen LogP contribution < -0.4 is 5.32 Å². The number of nitrogens with zero attached hydrogens (tertiary/aromatic N) is 3. The maximum Gasteiger partial charge on any atom is 0.321 e. The molecule has 1 aromatic carbocycles. The second-order valence-electron chi connectivity index (χ2n) is 3.83. The van der Waals surface area contributed by atoms with Crippen LogP contribution in [-0.2, 0) is 0 Å². The summed E-state index contributed by atoms with van der Waals surface area (Å²) in [6, 6.07) is 9.22. The van der Waals surface area contributed by atoms with Crippen molar-refractivity contribution in [3.63, 3.8) is 0 Å². The highest BCUT2D eigenvalue weighted by Gasteiger charge is 2.04. The van der Waals surface area contributed by atoms with Crippen LogP contribution in [0.4, 0.5) is 10.5 Å². The zero-order chi connectivity index (χ0) is 12.3. The van der Waals surface area contributed by atoms with Crippen molar-refractivity contribution in [2.75, 3.05) is 19.4 Å². The minimum atomic E-state index is -0.150. The van der Waals surface area contributed by atoms with Gasteiger partial charge >= 0.3 is 6.03 Å². The van der Waals surface area contributed by atoms with Gasteiger partial charge in [0.25, 0.3) is 0 Å². The van der Waals surface area contributed by atoms with E-state index in [0.717, 1.165) is 11.4 Å². The summed E-state index contributed by atoms with van der Waals surface area (Å²) >= 11 is 0. The van der Waals surface area contributed by atoms with Crippen LogP contribution in [0.3, 0.4) is 0 Å². The number of hydrogen-bond donors (Lipinski definition) is 1. The van der Waals surface area contributed by atoms with Gasteiger partial charge in [-0.15, -0.1) is 0 Å². The molecule has 2 amide bonds. The van der Waals surface area contributed by atoms with Crippen molar-refractivity contribution >= 4 is 11.7 Å². The second kappa shape index (κ2) is 4.69. The normalized spacial score (nSPS) is 10.0. The highest BCUT2D eigenvalue weighted by atomic mass is 16.2. The maximum atomic E-state index is 11.5. The number of benzene rings is 1. The van der Waals surface area contributed by atoms with Crippen LogP contribution in [0.5, 0.6) is 0 Å². The van der Waals surface area contributed by atoms with Crippen LogP contribution in [0.1, 0.15) is 0 Å². The molecule has 0 bridgehead atoms. The van der Waals surface area contributed by atoms with Crippen LogP contribution in [0, 0.1) is 0 Å². The van der Waals surface area contributed by atoms with Crippen LogP contribution in [0.25, 0.3) is 5.69 Å². The molecule has 1 heterocycles. The van der Waals surface area contributed by atoms with Gasteiger partial charge in [-0.1, -0.05) is 6.07 Å². The summed E-state index contributed by atoms with van der Waals surface area (Å²) in [6.45, 7) is 0. The molecule has 1 N–H and O–H groups in total. The van der Waals surface area contributed by atoms with E-state index in [1.807, 2.05) is 36.5 Å². The van der Waals surface area contributed by atoms with Gasteiger partial charge in [0.05, 0.1) is 5.69 Å². The number of carbonyl (C=O) groups is 1. The van der Waals surface area contributed by atoms with E-state index in [2.05, 4.69) is 10.4 Å². The van der Waals surface area contributed by atoms with E-state index in [-0.39, 0.29) is 6.03 Å². The molecule has 0 unspecified atom stereocenters. The third-order valence-electron chi connectivity index (χ3n) is 2.27. The molecule has 1 aromatic heterocycles. The van der Waals surface area contributed by atoms with Gasteiger partial charge in [-0.2, -0.15) is 5.10 Å². The molecule has 17 heavy (non-hydrogen) atoms. The molecule has 2 aromatic rings. The molecule has 88 valence electrons. The van der Waals surface area contributed by atoms with E-state index < -0.39 is 0 Å². The molecule has 0 atom stereocenters. The summed E-state index contributed by atoms with van der Waals surface area (Å²) in [5, 5.41) is 6.92. The average molecular weight is 230 g/mol. The molecule has 0 aliphatic heterocycles. The molecule has 0 aliphatic carbocycles. The van der Waals surface area contributed by atoms with Gasteiger partial charge in [0.1, 0.15) is 0 Å². The third kappa shape index (κ3) is 2.63. The zero-order valence-corrected chi connectivity index (χ0v) is 9.79. The number of aromatic nitrogens is 2. The van der Waals surface area contributed by atoms with E-state index >= 15 is 0 Å². The van der Waals surface area contributed by atoms with Crippen LogP contribution >= 0.6 is 0 Å². The predicted octanol–water partition coefficient (Wildman–Crippen LogP) is 1.97. The Bertz CT molecular complexity index is 505. The Balaban J connectivity index is 2.20. The summed E-state index contributed by atoms with van der Waals surface area (Å²) in [4.78, 5) is 13.0. The predicted molar refractivity (Wildman–Crippen MR) is 66.3 cm³/mol. The van der Waals surface area contributed by atoms with Gasteiger partial charge in [-0.3, -0.25) is 0 Å². The smallest absolute Gasteiger partial charge is 0.321 e. The maximum absolute atomic E-state index is 11.5. The fraction of sp³-hybridized carbons (Fsp3) is 0.167. The number of hydrogen-bond acceptors (Lipinski definition) is 2. The van der Waals surface area contributed by atoms with Gasteiger partial charge in [0, 0.05) is 32.2 Å². The Labute approximate surface area is 99.7 Å². The Morgan fingerprint density at radius 1 is 1.35 bits per heavy atom. The molecule has 0 saturated carbocycles. The average Bonchev–Trinajstić information content (AvgIpc) is 2.82. The monoisotopic (exact) mass is 230 g/mol. The lowest BCUT2D eigenvalue weighted by Crippen LogP contribution is -2.27. The van der Waals surface area contributed by atoms with E-state index in [4.69, 9.17) is 0 Å². The van der Waals surface area contributed by atoms with Crippen LogP contribution in [-0.4, -0.2) is 34.8 Å². The summed E-state index contributed by atoms with van der Waals surface area (Å²) in [5.41, 5.74) is 1.66. The van der Waals surface area contributed by atoms with E-state index in [1.165, 1.54) is 4.90 Å². The Morgan fingerprint density at radius 2 is 2.18 bits per heavy atom. The number of rotatable bonds is 2. The minimum absolute atomic E-state index is 0.150. The van der Waals surface area contributed by atoms with Gasteiger partial charge < -0.3 is 10.2 Å². The largest absolute Gasteiger partial charge is 0.331 e. The number of amides is 2. The van der Waals surface area contributed by atoms with Crippen LogP contribution in [0.2, 0.25) is 0 Å². The van der Waals surface area contributed by atoms with Crippen molar-refractivity contribution in [3.05, 3.63) is 42.7 Å². The SMILES string of the molecule is CN(C)C(=O)Nc1cccc(-n2cccn2)c1. The highest BCUT2D eigenvalue weighted by molar-refractivity contribution is 5.89. The van der Waals surface area contributed by atoms with Crippen molar-refractivity contribution < 1.29 is 4.79 Å². The van der Waals surface area contributed by atoms with Gasteiger partial charge in [0.2, 0.25) is 0 Å². The zero-order valence-electron chi connectivity index (χ0n) is 9.79. The topological polar surface area (TPSA) is 50.2 Å². The molecule has 0 aliphatic rings. The minimum Gasteiger partial charge on any atom is -0.331 e. The van der Waals surface area contributed by atoms with Gasteiger partial charge in [-0.25, -0.2) is 9.48 Å². The van der Waals surface area contributed by atoms with E-state index in [9.17, 15) is 4.79 Å². The molecule has 0 radical (unpaired) electrons. The lowest BCUT2D eigenvalue weighted by atomic mass is 10.3. The molecule has 2 rings (SSSR count). The first-order chi connectivity index (χ1) is 8.16. The molecule has 5 nitrogen and oxygen atoms in total. The molecule has 0 fully saturated rings. The first-order valence-corrected chi connectivity index (χ1v) is 5.25. The Hall–Kier alpha value is -2.30. The first-order valence-electron chi connectivity index (χ1n) is 5.25. The summed E-state index contributed by atoms with van der Waals surface area (Å²) in [6.07, 6.45) is 3.57. The van der Waals surface area contributed by atoms with E-state index in [1.54, 1.807) is 25.0 Å². The molecule has 0 spiro atoms. The quantitative estimate of drug-likeness (QED) is 0.857. The van der Waals surface area contributed by atoms with Crippen LogP contribution in [0.15, 0.2) is 42.7 Å². The van der Waals surface area contributed by atoms with Crippen molar-refractivity contribution in [1.29, 1.82) is 0 Å². The van der Waals surface area contributed by atoms with Crippen molar-refractivity contribution in [2.45, 2.75) is 0 Å². The fourth-order valence-electron chi connectivity index (χ4n) is 1.38. The van der Waals surface area contributed by atoms with Gasteiger partial charge in [-0.05, 0) is 24.3 Å². The standard InChI is InChI=1S/C12H14N4O/c1-15(2)12(17)14-10-5-3-6-11(9-10)16-8-4-7-13-16/h3-9H,1-2H3,(H,14,17). The number of nitrogens with one attached hydrogen (secondary N) is 1.